The zero-order valence-corrected chi connectivity index (χ0v) is 26.2. The molecule has 0 unspecified atom stereocenters. The lowest BCUT2D eigenvalue weighted by Crippen LogP contribution is -2.48. The Bertz CT molecular complexity index is 1550. The average molecular weight is 568 g/mol. The first-order chi connectivity index (χ1) is 20.5. The van der Waals surface area contributed by atoms with Crippen LogP contribution in [-0.2, 0) is 0 Å². The molecule has 5 rings (SSSR count). The number of hydrogen-bond donors (Lipinski definition) is 0. The number of anilines is 1. The Morgan fingerprint density at radius 2 is 1.60 bits per heavy atom. The fraction of sp³-hybridized carbons (Fsp3) is 0.444. The molecule has 3 aliphatic rings. The molecule has 0 spiro atoms. The SMILES string of the molecule is CCCCN1CCN(C(=O)c2ccccc2-c2c3ccc(=[N+](CC)CC)cc-3oc3cc(N(CC)CC)ccc23)CC1. The molecule has 6 heteroatoms. The summed E-state index contributed by atoms with van der Waals surface area (Å²) in [6.45, 7) is 19.2. The van der Waals surface area contributed by atoms with E-state index in [0.29, 0.717) is 0 Å². The second-order valence-corrected chi connectivity index (χ2v) is 11.2. The smallest absolute Gasteiger partial charge is 0.254 e. The molecule has 2 aromatic rings. The normalized spacial score (nSPS) is 14.1. The molecular formula is C36H47N4O2+. The largest absolute Gasteiger partial charge is 0.456 e. The van der Waals surface area contributed by atoms with Crippen LogP contribution in [0.25, 0.3) is 33.4 Å². The Hall–Kier alpha value is -3.64. The van der Waals surface area contributed by atoms with Gasteiger partial charge in [-0.15, -0.1) is 0 Å². The Kier molecular flexibility index (Phi) is 9.63. The highest BCUT2D eigenvalue weighted by atomic mass is 16.3. The van der Waals surface area contributed by atoms with Gasteiger partial charge in [0, 0.05) is 79.2 Å². The van der Waals surface area contributed by atoms with E-state index in [-0.39, 0.29) is 5.91 Å². The highest BCUT2D eigenvalue weighted by molar-refractivity contribution is 6.09. The lowest BCUT2D eigenvalue weighted by Gasteiger charge is -2.35. The number of benzene rings is 3. The molecular weight excluding hydrogens is 520 g/mol. The van der Waals surface area contributed by atoms with Gasteiger partial charge in [-0.3, -0.25) is 9.69 Å². The number of rotatable bonds is 10. The van der Waals surface area contributed by atoms with Crippen molar-refractivity contribution >= 4 is 22.6 Å². The molecule has 2 aliphatic heterocycles. The number of amides is 1. The lowest BCUT2D eigenvalue weighted by atomic mass is 9.90. The number of unbranched alkanes of at least 4 members (excludes halogenated alkanes) is 1. The van der Waals surface area contributed by atoms with Crippen molar-refractivity contribution in [2.24, 2.45) is 0 Å². The van der Waals surface area contributed by atoms with Crippen LogP contribution >= 0.6 is 0 Å². The fourth-order valence-corrected chi connectivity index (χ4v) is 6.34. The predicted octanol–water partition coefficient (Wildman–Crippen LogP) is 6.42. The van der Waals surface area contributed by atoms with Gasteiger partial charge in [0.2, 0.25) is 5.36 Å². The molecule has 1 amide bonds. The summed E-state index contributed by atoms with van der Waals surface area (Å²) in [7, 11) is 0. The molecule has 1 fully saturated rings. The van der Waals surface area contributed by atoms with Crippen LogP contribution in [0.2, 0.25) is 0 Å². The molecule has 222 valence electrons. The van der Waals surface area contributed by atoms with E-state index in [1.165, 1.54) is 12.8 Å². The number of hydrogen-bond acceptors (Lipinski definition) is 4. The van der Waals surface area contributed by atoms with E-state index in [9.17, 15) is 4.79 Å². The molecule has 0 N–H and O–H groups in total. The van der Waals surface area contributed by atoms with E-state index < -0.39 is 0 Å². The minimum Gasteiger partial charge on any atom is -0.456 e. The van der Waals surface area contributed by atoms with Crippen LogP contribution in [0.1, 0.15) is 57.8 Å². The summed E-state index contributed by atoms with van der Waals surface area (Å²) in [5.74, 6) is 0.952. The van der Waals surface area contributed by atoms with Crippen LogP contribution in [-0.4, -0.2) is 74.6 Å². The van der Waals surface area contributed by atoms with E-state index in [1.807, 2.05) is 23.1 Å². The number of fused-ring (bicyclic) bond motifs is 2. The monoisotopic (exact) mass is 567 g/mol. The van der Waals surface area contributed by atoms with Crippen molar-refractivity contribution < 1.29 is 9.21 Å². The quantitative estimate of drug-likeness (QED) is 0.164. The van der Waals surface area contributed by atoms with Gasteiger partial charge in [-0.25, -0.2) is 4.58 Å². The zero-order valence-electron chi connectivity index (χ0n) is 26.2. The summed E-state index contributed by atoms with van der Waals surface area (Å²) in [5.41, 5.74) is 5.80. The Balaban J connectivity index is 1.67. The number of carbonyl (C=O) groups is 1. The Labute approximate surface area is 251 Å². The van der Waals surface area contributed by atoms with Crippen molar-refractivity contribution in [2.75, 3.05) is 63.8 Å². The van der Waals surface area contributed by atoms with Gasteiger partial charge in [-0.1, -0.05) is 31.5 Å². The van der Waals surface area contributed by atoms with Gasteiger partial charge in [0.15, 0.2) is 0 Å². The molecule has 6 nitrogen and oxygen atoms in total. The minimum absolute atomic E-state index is 0.113. The third-order valence-electron chi connectivity index (χ3n) is 8.86. The van der Waals surface area contributed by atoms with E-state index >= 15 is 0 Å². The van der Waals surface area contributed by atoms with Crippen molar-refractivity contribution in [3.05, 3.63) is 71.6 Å². The summed E-state index contributed by atoms with van der Waals surface area (Å²) < 4.78 is 9.01. The van der Waals surface area contributed by atoms with E-state index in [4.69, 9.17) is 4.42 Å². The zero-order chi connectivity index (χ0) is 29.6. The third-order valence-corrected chi connectivity index (χ3v) is 8.86. The predicted molar refractivity (Wildman–Crippen MR) is 175 cm³/mol. The average Bonchev–Trinajstić information content (AvgIpc) is 3.03. The molecule has 1 aliphatic carbocycles. The Morgan fingerprint density at radius 1 is 0.857 bits per heavy atom. The van der Waals surface area contributed by atoms with Crippen LogP contribution in [0.5, 0.6) is 0 Å². The summed E-state index contributed by atoms with van der Waals surface area (Å²) in [5, 5.41) is 2.17. The molecule has 0 radical (unpaired) electrons. The van der Waals surface area contributed by atoms with E-state index in [2.05, 4.69) is 91.5 Å². The first kappa shape index (κ1) is 29.8. The van der Waals surface area contributed by atoms with Crippen molar-refractivity contribution in [2.45, 2.75) is 47.5 Å². The van der Waals surface area contributed by atoms with Gasteiger partial charge in [0.05, 0.1) is 6.07 Å². The number of carbonyl (C=O) groups excluding carboxylic acids is 1. The first-order valence-electron chi connectivity index (χ1n) is 16.0. The molecule has 0 bridgehead atoms. The van der Waals surface area contributed by atoms with Crippen molar-refractivity contribution in [3.8, 4) is 22.5 Å². The van der Waals surface area contributed by atoms with Crippen molar-refractivity contribution in [1.82, 2.24) is 14.4 Å². The van der Waals surface area contributed by atoms with Crippen molar-refractivity contribution in [3.63, 3.8) is 0 Å². The van der Waals surface area contributed by atoms with Gasteiger partial charge >= 0.3 is 0 Å². The molecule has 42 heavy (non-hydrogen) atoms. The highest BCUT2D eigenvalue weighted by Crippen LogP contribution is 2.42. The number of nitrogens with zero attached hydrogens (tertiary/aromatic N) is 4. The first-order valence-corrected chi connectivity index (χ1v) is 16.0. The van der Waals surface area contributed by atoms with Gasteiger partial charge in [0.25, 0.3) is 5.91 Å². The maximum absolute atomic E-state index is 14.1. The third kappa shape index (κ3) is 5.96. The van der Waals surface area contributed by atoms with Crippen LogP contribution in [0.3, 0.4) is 0 Å². The van der Waals surface area contributed by atoms with Gasteiger partial charge in [-0.05, 0) is 70.5 Å². The standard InChI is InChI=1S/C36H47N4O2/c1-6-11-20-37-21-23-40(24-22-37)36(41)30-15-13-12-14-29(30)35-31-18-16-27(38(7-2)8-3)25-33(31)42-34-26-28(17-19-32(34)35)39(9-4)10-5/h12-19,25-26H,6-11,20-24H2,1-5H3/q+1. The van der Waals surface area contributed by atoms with E-state index in [0.717, 1.165) is 109 Å². The summed E-state index contributed by atoms with van der Waals surface area (Å²) >= 11 is 0. The molecule has 0 aromatic heterocycles. The number of piperazine rings is 1. The molecule has 2 aromatic carbocycles. The van der Waals surface area contributed by atoms with Crippen LogP contribution < -0.4 is 14.8 Å². The van der Waals surface area contributed by atoms with Crippen LogP contribution in [0.4, 0.5) is 5.69 Å². The molecule has 0 atom stereocenters. The summed E-state index contributed by atoms with van der Waals surface area (Å²) in [6, 6.07) is 21.2. The lowest BCUT2D eigenvalue weighted by molar-refractivity contribution is 0.0636. The highest BCUT2D eigenvalue weighted by Gasteiger charge is 2.27. The molecule has 1 saturated heterocycles. The van der Waals surface area contributed by atoms with Crippen LogP contribution in [0, 0.1) is 0 Å². The van der Waals surface area contributed by atoms with Crippen molar-refractivity contribution in [1.29, 1.82) is 0 Å². The fourth-order valence-electron chi connectivity index (χ4n) is 6.34. The maximum atomic E-state index is 14.1. The minimum atomic E-state index is 0.113. The second-order valence-electron chi connectivity index (χ2n) is 11.2. The van der Waals surface area contributed by atoms with Gasteiger partial charge < -0.3 is 14.2 Å². The molecule has 0 saturated carbocycles. The van der Waals surface area contributed by atoms with Crippen LogP contribution in [0.15, 0.2) is 65.1 Å². The second kappa shape index (κ2) is 13.6. The topological polar surface area (TPSA) is 42.9 Å². The Morgan fingerprint density at radius 3 is 2.29 bits per heavy atom. The van der Waals surface area contributed by atoms with Gasteiger partial charge in [-0.2, -0.15) is 0 Å². The van der Waals surface area contributed by atoms with Gasteiger partial charge in [0.1, 0.15) is 24.4 Å². The summed E-state index contributed by atoms with van der Waals surface area (Å²) in [4.78, 5) is 21.0. The molecule has 2 heterocycles. The maximum Gasteiger partial charge on any atom is 0.254 e. The summed E-state index contributed by atoms with van der Waals surface area (Å²) in [6.07, 6.45) is 2.41. The van der Waals surface area contributed by atoms with E-state index in [1.54, 1.807) is 0 Å².